The first-order chi connectivity index (χ1) is 7.65. The van der Waals surface area contributed by atoms with Gasteiger partial charge in [0.2, 0.25) is 0 Å². The van der Waals surface area contributed by atoms with E-state index in [0.717, 1.165) is 0 Å². The van der Waals surface area contributed by atoms with Gasteiger partial charge in [-0.15, -0.1) is 0 Å². The molecule has 0 fully saturated rings. The molecule has 0 radical (unpaired) electrons. The van der Waals surface area contributed by atoms with Crippen LogP contribution in [0, 0.1) is 5.82 Å². The molecule has 3 nitrogen and oxygen atoms in total. The summed E-state index contributed by atoms with van der Waals surface area (Å²) in [5.41, 5.74) is 5.51. The van der Waals surface area contributed by atoms with Gasteiger partial charge in [-0.25, -0.2) is 9.37 Å². The average molecular weight is 283 g/mol. The monoisotopic (exact) mass is 282 g/mol. The molecule has 2 rings (SSSR count). The van der Waals surface area contributed by atoms with Crippen LogP contribution in [0.15, 0.2) is 41.0 Å². The van der Waals surface area contributed by atoms with Crippen molar-refractivity contribution in [2.75, 3.05) is 5.73 Å². The highest BCUT2D eigenvalue weighted by Gasteiger charge is 2.04. The number of ether oxygens (including phenoxy) is 1. The van der Waals surface area contributed by atoms with Gasteiger partial charge in [0.25, 0.3) is 0 Å². The van der Waals surface area contributed by atoms with E-state index in [9.17, 15) is 4.39 Å². The van der Waals surface area contributed by atoms with Crippen LogP contribution in [0.5, 0.6) is 11.5 Å². The van der Waals surface area contributed by atoms with Crippen LogP contribution in [0.2, 0.25) is 0 Å². The zero-order valence-corrected chi connectivity index (χ0v) is 9.74. The second-order valence-electron chi connectivity index (χ2n) is 3.09. The lowest BCUT2D eigenvalue weighted by atomic mass is 10.3. The topological polar surface area (TPSA) is 48.1 Å². The lowest BCUT2D eigenvalue weighted by molar-refractivity contribution is 0.477. The minimum absolute atomic E-state index is 0.325. The predicted octanol–water partition coefficient (Wildman–Crippen LogP) is 3.36. The van der Waals surface area contributed by atoms with E-state index in [1.807, 2.05) is 0 Å². The van der Waals surface area contributed by atoms with Crippen molar-refractivity contribution in [3.05, 3.63) is 46.8 Å². The standard InChI is InChI=1S/C11H8BrFN2O/c12-9-5-7(13)1-2-10(9)16-8-3-4-15-11(14)6-8/h1-6H,(H2,14,15). The van der Waals surface area contributed by atoms with Gasteiger partial charge in [0, 0.05) is 12.3 Å². The molecule has 0 amide bonds. The Morgan fingerprint density at radius 2 is 2.06 bits per heavy atom. The molecule has 0 spiro atoms. The maximum atomic E-state index is 12.8. The normalized spacial score (nSPS) is 10.1. The van der Waals surface area contributed by atoms with Gasteiger partial charge < -0.3 is 10.5 Å². The largest absolute Gasteiger partial charge is 0.456 e. The molecular formula is C11H8BrFN2O. The Labute approximate surface area is 100 Å². The van der Waals surface area contributed by atoms with Crippen LogP contribution in [-0.2, 0) is 0 Å². The van der Waals surface area contributed by atoms with E-state index in [0.29, 0.717) is 21.8 Å². The minimum Gasteiger partial charge on any atom is -0.456 e. The summed E-state index contributed by atoms with van der Waals surface area (Å²) in [7, 11) is 0. The minimum atomic E-state index is -0.325. The number of nitrogens with zero attached hydrogens (tertiary/aromatic N) is 1. The molecule has 1 aromatic heterocycles. The zero-order chi connectivity index (χ0) is 11.5. The smallest absolute Gasteiger partial charge is 0.141 e. The number of aromatic nitrogens is 1. The number of benzene rings is 1. The van der Waals surface area contributed by atoms with Crippen LogP contribution in [0.1, 0.15) is 0 Å². The van der Waals surface area contributed by atoms with Gasteiger partial charge in [0.05, 0.1) is 4.47 Å². The van der Waals surface area contributed by atoms with Crippen LogP contribution in [0.4, 0.5) is 10.2 Å². The highest BCUT2D eigenvalue weighted by Crippen LogP contribution is 2.30. The first-order valence-electron chi connectivity index (χ1n) is 4.49. The number of rotatable bonds is 2. The average Bonchev–Trinajstić information content (AvgIpc) is 2.22. The van der Waals surface area contributed by atoms with Crippen molar-refractivity contribution in [3.8, 4) is 11.5 Å². The van der Waals surface area contributed by atoms with Crippen LogP contribution in [0.3, 0.4) is 0 Å². The first kappa shape index (κ1) is 10.9. The van der Waals surface area contributed by atoms with E-state index < -0.39 is 0 Å². The molecule has 0 saturated carbocycles. The Bertz CT molecular complexity index is 519. The highest BCUT2D eigenvalue weighted by molar-refractivity contribution is 9.10. The fraction of sp³-hybridized carbons (Fsp3) is 0. The molecule has 1 aromatic carbocycles. The van der Waals surface area contributed by atoms with Crippen LogP contribution >= 0.6 is 15.9 Å². The van der Waals surface area contributed by atoms with Gasteiger partial charge in [-0.2, -0.15) is 0 Å². The Hall–Kier alpha value is -1.62. The van der Waals surface area contributed by atoms with Crippen molar-refractivity contribution >= 4 is 21.7 Å². The molecular weight excluding hydrogens is 275 g/mol. The summed E-state index contributed by atoms with van der Waals surface area (Å²) >= 11 is 3.21. The summed E-state index contributed by atoms with van der Waals surface area (Å²) in [6.45, 7) is 0. The van der Waals surface area contributed by atoms with Gasteiger partial charge in [-0.3, -0.25) is 0 Å². The van der Waals surface area contributed by atoms with Crippen LogP contribution in [-0.4, -0.2) is 4.98 Å². The lowest BCUT2D eigenvalue weighted by Crippen LogP contribution is -1.91. The fourth-order valence-corrected chi connectivity index (χ4v) is 1.61. The third-order valence-electron chi connectivity index (χ3n) is 1.87. The molecule has 0 bridgehead atoms. The molecule has 0 aliphatic carbocycles. The molecule has 0 saturated heterocycles. The van der Waals surface area contributed by atoms with Gasteiger partial charge in [-0.05, 0) is 40.2 Å². The third kappa shape index (κ3) is 2.49. The molecule has 0 atom stereocenters. The van der Waals surface area contributed by atoms with E-state index >= 15 is 0 Å². The highest BCUT2D eigenvalue weighted by atomic mass is 79.9. The number of hydrogen-bond acceptors (Lipinski definition) is 3. The van der Waals surface area contributed by atoms with E-state index in [1.165, 1.54) is 18.2 Å². The van der Waals surface area contributed by atoms with Gasteiger partial charge in [0.1, 0.15) is 23.1 Å². The van der Waals surface area contributed by atoms with Crippen molar-refractivity contribution in [1.82, 2.24) is 4.98 Å². The maximum Gasteiger partial charge on any atom is 0.141 e. The molecule has 0 aliphatic heterocycles. The summed E-state index contributed by atoms with van der Waals surface area (Å²) in [5, 5.41) is 0. The van der Waals surface area contributed by atoms with Crippen molar-refractivity contribution in [1.29, 1.82) is 0 Å². The number of pyridine rings is 1. The Kier molecular flexibility index (Phi) is 3.05. The number of anilines is 1. The second kappa shape index (κ2) is 4.49. The number of nitrogens with two attached hydrogens (primary N) is 1. The molecule has 16 heavy (non-hydrogen) atoms. The zero-order valence-electron chi connectivity index (χ0n) is 8.15. The molecule has 5 heteroatoms. The van der Waals surface area contributed by atoms with Gasteiger partial charge in [-0.1, -0.05) is 0 Å². The predicted molar refractivity (Wildman–Crippen MR) is 62.8 cm³/mol. The Morgan fingerprint density at radius 1 is 1.25 bits per heavy atom. The summed E-state index contributed by atoms with van der Waals surface area (Å²) < 4.78 is 18.9. The summed E-state index contributed by atoms with van der Waals surface area (Å²) in [4.78, 5) is 3.84. The Morgan fingerprint density at radius 3 is 2.75 bits per heavy atom. The van der Waals surface area contributed by atoms with Crippen molar-refractivity contribution in [2.24, 2.45) is 0 Å². The van der Waals surface area contributed by atoms with Gasteiger partial charge in [0.15, 0.2) is 0 Å². The number of nitrogen functional groups attached to an aromatic ring is 1. The third-order valence-corrected chi connectivity index (χ3v) is 2.49. The quantitative estimate of drug-likeness (QED) is 0.919. The molecule has 0 aliphatic rings. The number of halogens is 2. The second-order valence-corrected chi connectivity index (χ2v) is 3.95. The molecule has 1 heterocycles. The molecule has 2 N–H and O–H groups in total. The molecule has 0 unspecified atom stereocenters. The summed E-state index contributed by atoms with van der Waals surface area (Å²) in [6.07, 6.45) is 1.54. The lowest BCUT2D eigenvalue weighted by Gasteiger charge is -2.07. The fourth-order valence-electron chi connectivity index (χ4n) is 1.18. The van der Waals surface area contributed by atoms with Crippen LogP contribution < -0.4 is 10.5 Å². The van der Waals surface area contributed by atoms with Crippen molar-refractivity contribution in [2.45, 2.75) is 0 Å². The maximum absolute atomic E-state index is 12.8. The van der Waals surface area contributed by atoms with E-state index in [-0.39, 0.29) is 5.82 Å². The summed E-state index contributed by atoms with van der Waals surface area (Å²) in [5.74, 6) is 1.12. The summed E-state index contributed by atoms with van der Waals surface area (Å²) in [6, 6.07) is 7.46. The Balaban J connectivity index is 2.27. The van der Waals surface area contributed by atoms with E-state index in [4.69, 9.17) is 10.5 Å². The first-order valence-corrected chi connectivity index (χ1v) is 5.29. The molecule has 82 valence electrons. The van der Waals surface area contributed by atoms with Crippen LogP contribution in [0.25, 0.3) is 0 Å². The van der Waals surface area contributed by atoms with Crippen molar-refractivity contribution in [3.63, 3.8) is 0 Å². The van der Waals surface area contributed by atoms with Crippen molar-refractivity contribution < 1.29 is 9.13 Å². The van der Waals surface area contributed by atoms with Gasteiger partial charge >= 0.3 is 0 Å². The van der Waals surface area contributed by atoms with E-state index in [2.05, 4.69) is 20.9 Å². The SMILES string of the molecule is Nc1cc(Oc2ccc(F)cc2Br)ccn1. The number of hydrogen-bond donors (Lipinski definition) is 1. The molecule has 2 aromatic rings. The van der Waals surface area contributed by atoms with E-state index in [1.54, 1.807) is 18.3 Å².